The quantitative estimate of drug-likeness (QED) is 0.244. The lowest BCUT2D eigenvalue weighted by atomic mass is 10.1. The summed E-state index contributed by atoms with van der Waals surface area (Å²) in [6, 6.07) is 6.82. The third-order valence-electron chi connectivity index (χ3n) is 4.20. The van der Waals surface area contributed by atoms with Gasteiger partial charge in [-0.1, -0.05) is 50.9 Å². The zero-order valence-electron chi connectivity index (χ0n) is 16.6. The van der Waals surface area contributed by atoms with E-state index in [-0.39, 0.29) is 11.3 Å². The number of ether oxygens (including phenoxy) is 2. The van der Waals surface area contributed by atoms with E-state index in [9.17, 15) is 22.0 Å². The van der Waals surface area contributed by atoms with Crippen LogP contribution in [0.1, 0.15) is 56.6 Å². The van der Waals surface area contributed by atoms with Crippen LogP contribution in [0.25, 0.3) is 0 Å². The van der Waals surface area contributed by atoms with Crippen molar-refractivity contribution in [1.82, 2.24) is 0 Å². The highest BCUT2D eigenvalue weighted by Crippen LogP contribution is 2.23. The fourth-order valence-electron chi connectivity index (χ4n) is 2.70. The van der Waals surface area contributed by atoms with Crippen LogP contribution in [0, 0.1) is 23.5 Å². The van der Waals surface area contributed by atoms with Gasteiger partial charge in [0, 0.05) is 17.7 Å². The van der Waals surface area contributed by atoms with Gasteiger partial charge in [-0.15, -0.1) is 13.2 Å². The van der Waals surface area contributed by atoms with E-state index < -0.39 is 29.3 Å². The van der Waals surface area contributed by atoms with Crippen LogP contribution in [-0.4, -0.2) is 13.0 Å². The zero-order chi connectivity index (χ0) is 22.0. The van der Waals surface area contributed by atoms with Gasteiger partial charge in [0.25, 0.3) is 0 Å². The summed E-state index contributed by atoms with van der Waals surface area (Å²) in [5, 5.41) is 0. The molecule has 0 N–H and O–H groups in total. The fraction of sp³-hybridized carbons (Fsp3) is 0.391. The van der Waals surface area contributed by atoms with Gasteiger partial charge in [-0.05, 0) is 30.7 Å². The molecule has 7 heteroatoms. The van der Waals surface area contributed by atoms with Crippen LogP contribution in [0.3, 0.4) is 0 Å². The lowest BCUT2D eigenvalue weighted by Gasteiger charge is -2.08. The van der Waals surface area contributed by atoms with Gasteiger partial charge in [-0.25, -0.2) is 8.78 Å². The Labute approximate surface area is 173 Å². The average Bonchev–Trinajstić information content (AvgIpc) is 2.67. The summed E-state index contributed by atoms with van der Waals surface area (Å²) in [4.78, 5) is 0. The van der Waals surface area contributed by atoms with Crippen molar-refractivity contribution in [2.45, 2.75) is 51.8 Å². The van der Waals surface area contributed by atoms with Crippen molar-refractivity contribution in [3.05, 3.63) is 59.2 Å². The van der Waals surface area contributed by atoms with Crippen molar-refractivity contribution in [3.8, 4) is 23.3 Å². The molecule has 0 saturated carbocycles. The van der Waals surface area contributed by atoms with Gasteiger partial charge < -0.3 is 9.47 Å². The number of hydrogen-bond acceptors (Lipinski definition) is 2. The predicted octanol–water partition coefficient (Wildman–Crippen LogP) is 7.00. The van der Waals surface area contributed by atoms with E-state index in [0.29, 0.717) is 6.61 Å². The normalized spacial score (nSPS) is 11.0. The summed E-state index contributed by atoms with van der Waals surface area (Å²) in [7, 11) is 0. The Morgan fingerprint density at radius 3 is 2.00 bits per heavy atom. The molecule has 2 rings (SSSR count). The second kappa shape index (κ2) is 11.4. The smallest absolute Gasteiger partial charge is 0.493 e. The molecule has 2 nitrogen and oxygen atoms in total. The molecule has 0 aliphatic heterocycles. The number of alkyl halides is 3. The summed E-state index contributed by atoms with van der Waals surface area (Å²) < 4.78 is 74.0. The molecular weight excluding hydrogens is 403 g/mol. The van der Waals surface area contributed by atoms with Crippen LogP contribution in [-0.2, 0) is 0 Å². The molecule has 162 valence electrons. The monoisotopic (exact) mass is 426 g/mol. The molecule has 0 heterocycles. The molecule has 0 spiro atoms. The lowest BCUT2D eigenvalue weighted by Crippen LogP contribution is -2.16. The first kappa shape index (κ1) is 23.5. The topological polar surface area (TPSA) is 18.5 Å². The molecule has 0 bridgehead atoms. The Balaban J connectivity index is 1.95. The summed E-state index contributed by atoms with van der Waals surface area (Å²) in [5.74, 6) is 2.85. The van der Waals surface area contributed by atoms with Gasteiger partial charge in [-0.2, -0.15) is 0 Å². The lowest BCUT2D eigenvalue weighted by molar-refractivity contribution is -0.274. The molecule has 0 saturated heterocycles. The number of unbranched alkanes of at least 4 members (excludes halogenated alkanes) is 5. The molecule has 2 aromatic carbocycles. The van der Waals surface area contributed by atoms with Crippen LogP contribution >= 0.6 is 0 Å². The van der Waals surface area contributed by atoms with Crippen molar-refractivity contribution in [1.29, 1.82) is 0 Å². The van der Waals surface area contributed by atoms with Crippen molar-refractivity contribution in [3.63, 3.8) is 0 Å². The van der Waals surface area contributed by atoms with E-state index in [1.165, 1.54) is 31.4 Å². The Morgan fingerprint density at radius 2 is 1.40 bits per heavy atom. The molecule has 0 amide bonds. The summed E-state index contributed by atoms with van der Waals surface area (Å²) in [6.45, 7) is 2.52. The number of halogens is 5. The minimum absolute atomic E-state index is 0.0951. The maximum Gasteiger partial charge on any atom is 0.573 e. The van der Waals surface area contributed by atoms with Crippen LogP contribution in [0.5, 0.6) is 11.5 Å². The molecule has 0 aliphatic carbocycles. The molecule has 2 aromatic rings. The molecule has 30 heavy (non-hydrogen) atoms. The van der Waals surface area contributed by atoms with Crippen molar-refractivity contribution >= 4 is 0 Å². The van der Waals surface area contributed by atoms with Gasteiger partial charge in [0.1, 0.15) is 23.1 Å². The van der Waals surface area contributed by atoms with Gasteiger partial charge in [0.2, 0.25) is 0 Å². The van der Waals surface area contributed by atoms with Gasteiger partial charge in [0.15, 0.2) is 0 Å². The van der Waals surface area contributed by atoms with E-state index >= 15 is 0 Å². The first-order chi connectivity index (χ1) is 14.3. The molecule has 0 aromatic heterocycles. The Bertz CT molecular complexity index is 841. The summed E-state index contributed by atoms with van der Waals surface area (Å²) in [5.41, 5.74) is -0.149. The van der Waals surface area contributed by atoms with Crippen LogP contribution in [0.2, 0.25) is 0 Å². The van der Waals surface area contributed by atoms with Crippen LogP contribution in [0.15, 0.2) is 36.4 Å². The van der Waals surface area contributed by atoms with Gasteiger partial charge >= 0.3 is 6.36 Å². The minimum atomic E-state index is -4.79. The molecule has 0 atom stereocenters. The number of hydrogen-bond donors (Lipinski definition) is 0. The highest BCUT2D eigenvalue weighted by atomic mass is 19.4. The molecule has 0 radical (unpaired) electrons. The third kappa shape index (κ3) is 8.32. The molecule has 0 fully saturated rings. The maximum atomic E-state index is 14.2. The van der Waals surface area contributed by atoms with Crippen molar-refractivity contribution < 1.29 is 31.4 Å². The highest BCUT2D eigenvalue weighted by Gasteiger charge is 2.30. The first-order valence-corrected chi connectivity index (χ1v) is 9.78. The van der Waals surface area contributed by atoms with E-state index in [4.69, 9.17) is 4.74 Å². The van der Waals surface area contributed by atoms with Crippen molar-refractivity contribution in [2.75, 3.05) is 6.61 Å². The van der Waals surface area contributed by atoms with Gasteiger partial charge in [-0.3, -0.25) is 0 Å². The number of rotatable bonds is 9. The largest absolute Gasteiger partial charge is 0.573 e. The highest BCUT2D eigenvalue weighted by molar-refractivity contribution is 5.47. The van der Waals surface area contributed by atoms with Crippen molar-refractivity contribution in [2.24, 2.45) is 0 Å². The zero-order valence-corrected chi connectivity index (χ0v) is 16.6. The van der Waals surface area contributed by atoms with E-state index in [1.807, 2.05) is 0 Å². The molecule has 0 aliphatic rings. The second-order valence-electron chi connectivity index (χ2n) is 6.70. The Kier molecular flexibility index (Phi) is 8.97. The standard InChI is InChI=1S/C23H23F5O2/c1-2-3-4-5-6-7-14-29-19-15-21(24)20(22(25)16-19)13-10-17-8-11-18(12-9-17)30-23(26,27)28/h8-9,11-12,15-16H,2-7,14H2,1H3. The second-order valence-corrected chi connectivity index (χ2v) is 6.70. The van der Waals surface area contributed by atoms with E-state index in [1.54, 1.807) is 0 Å². The van der Waals surface area contributed by atoms with Crippen LogP contribution < -0.4 is 9.47 Å². The average molecular weight is 426 g/mol. The Hall–Kier alpha value is -2.75. The molecular formula is C23H23F5O2. The first-order valence-electron chi connectivity index (χ1n) is 9.78. The summed E-state index contributed by atoms with van der Waals surface area (Å²) >= 11 is 0. The SMILES string of the molecule is CCCCCCCCOc1cc(F)c(C#Cc2ccc(OC(F)(F)F)cc2)c(F)c1. The van der Waals surface area contributed by atoms with Crippen LogP contribution in [0.4, 0.5) is 22.0 Å². The molecule has 0 unspecified atom stereocenters. The fourth-order valence-corrected chi connectivity index (χ4v) is 2.70. The minimum Gasteiger partial charge on any atom is -0.493 e. The third-order valence-corrected chi connectivity index (χ3v) is 4.20. The van der Waals surface area contributed by atoms with E-state index in [2.05, 4.69) is 23.5 Å². The Morgan fingerprint density at radius 1 is 0.800 bits per heavy atom. The van der Waals surface area contributed by atoms with Gasteiger partial charge in [0.05, 0.1) is 12.2 Å². The van der Waals surface area contributed by atoms with E-state index in [0.717, 1.165) is 43.5 Å². The summed E-state index contributed by atoms with van der Waals surface area (Å²) in [6.07, 6.45) is 1.67. The predicted molar refractivity (Wildman–Crippen MR) is 104 cm³/mol. The number of benzene rings is 2. The maximum absolute atomic E-state index is 14.2.